The average molecular weight is 365 g/mol. The van der Waals surface area contributed by atoms with Crippen LogP contribution in [0.3, 0.4) is 0 Å². The van der Waals surface area contributed by atoms with Gasteiger partial charge in [-0.15, -0.1) is 0 Å². The Morgan fingerprint density at radius 1 is 1.04 bits per heavy atom. The van der Waals surface area contributed by atoms with Gasteiger partial charge >= 0.3 is 0 Å². The van der Waals surface area contributed by atoms with E-state index in [0.717, 1.165) is 18.0 Å². The summed E-state index contributed by atoms with van der Waals surface area (Å²) in [6.07, 6.45) is 0. The molecule has 24 heavy (non-hydrogen) atoms. The molecule has 7 heteroatoms. The minimum atomic E-state index is -3.53. The van der Waals surface area contributed by atoms with E-state index in [1.165, 1.54) is 4.31 Å². The highest BCUT2D eigenvalue weighted by atomic mass is 35.5. The van der Waals surface area contributed by atoms with Crippen molar-refractivity contribution in [1.29, 1.82) is 0 Å². The van der Waals surface area contributed by atoms with Crippen molar-refractivity contribution in [1.82, 2.24) is 0 Å². The van der Waals surface area contributed by atoms with Gasteiger partial charge in [0, 0.05) is 11.6 Å². The highest BCUT2D eigenvalue weighted by molar-refractivity contribution is 7.92. The molecule has 0 fully saturated rings. The average Bonchev–Trinajstić information content (AvgIpc) is 2.57. The van der Waals surface area contributed by atoms with Crippen LogP contribution in [0.2, 0.25) is 5.02 Å². The highest BCUT2D eigenvalue weighted by Crippen LogP contribution is 2.43. The second kappa shape index (κ2) is 5.86. The second-order valence-electron chi connectivity index (χ2n) is 5.88. The molecule has 126 valence electrons. The summed E-state index contributed by atoms with van der Waals surface area (Å²) in [5, 5.41) is 0.470. The first-order valence-corrected chi connectivity index (χ1v) is 9.79. The normalized spacial score (nSPS) is 16.5. The molecule has 0 atom stereocenters. The van der Waals surface area contributed by atoms with Crippen LogP contribution in [0.25, 0.3) is 0 Å². The van der Waals surface area contributed by atoms with E-state index in [0.29, 0.717) is 36.0 Å². The molecule has 4 rings (SSSR count). The predicted molar refractivity (Wildman–Crippen MR) is 95.6 cm³/mol. The molecule has 5 nitrogen and oxygen atoms in total. The van der Waals surface area contributed by atoms with Crippen LogP contribution < -0.4 is 13.9 Å². The van der Waals surface area contributed by atoms with Gasteiger partial charge in [-0.05, 0) is 23.8 Å². The van der Waals surface area contributed by atoms with Crippen molar-refractivity contribution in [3.63, 3.8) is 0 Å². The number of anilines is 2. The van der Waals surface area contributed by atoms with E-state index in [4.69, 9.17) is 16.3 Å². The molecule has 2 aliphatic rings. The molecule has 0 aliphatic carbocycles. The van der Waals surface area contributed by atoms with Crippen molar-refractivity contribution >= 4 is 33.0 Å². The van der Waals surface area contributed by atoms with E-state index in [1.54, 1.807) is 24.3 Å². The summed E-state index contributed by atoms with van der Waals surface area (Å²) in [6.45, 7) is 2.50. The van der Waals surface area contributed by atoms with Gasteiger partial charge in [0.05, 0.1) is 24.5 Å². The van der Waals surface area contributed by atoms with Crippen molar-refractivity contribution in [3.05, 3.63) is 53.1 Å². The summed E-state index contributed by atoms with van der Waals surface area (Å²) in [5.41, 5.74) is 2.17. The van der Waals surface area contributed by atoms with Crippen LogP contribution in [-0.2, 0) is 15.8 Å². The third-order valence-corrected chi connectivity index (χ3v) is 6.48. The molecule has 0 aromatic heterocycles. The van der Waals surface area contributed by atoms with E-state index in [2.05, 4.69) is 4.90 Å². The number of halogens is 1. The first-order valence-electron chi connectivity index (χ1n) is 7.81. The number of sulfonamides is 1. The zero-order chi connectivity index (χ0) is 16.7. The third-order valence-electron chi connectivity index (χ3n) is 4.39. The van der Waals surface area contributed by atoms with Crippen molar-refractivity contribution in [2.75, 3.05) is 35.4 Å². The minimum Gasteiger partial charge on any atom is -0.489 e. The Morgan fingerprint density at radius 2 is 1.88 bits per heavy atom. The topological polar surface area (TPSA) is 49.9 Å². The van der Waals surface area contributed by atoms with Crippen LogP contribution in [0.4, 0.5) is 11.4 Å². The minimum absolute atomic E-state index is 0.114. The molecule has 0 N–H and O–H groups in total. The van der Waals surface area contributed by atoms with Gasteiger partial charge in [0.2, 0.25) is 10.0 Å². The molecular formula is C17H17ClN2O3S. The first-order chi connectivity index (χ1) is 11.6. The van der Waals surface area contributed by atoms with E-state index < -0.39 is 10.0 Å². The molecule has 0 amide bonds. The maximum absolute atomic E-state index is 13.0. The fraction of sp³-hybridized carbons (Fsp3) is 0.294. The lowest BCUT2D eigenvalue weighted by Crippen LogP contribution is -2.47. The van der Waals surface area contributed by atoms with Crippen LogP contribution in [0, 0.1) is 0 Å². The lowest BCUT2D eigenvalue weighted by atomic mass is 10.1. The largest absolute Gasteiger partial charge is 0.489 e. The monoisotopic (exact) mass is 364 g/mol. The van der Waals surface area contributed by atoms with Gasteiger partial charge in [0.15, 0.2) is 0 Å². The quantitative estimate of drug-likeness (QED) is 0.840. The van der Waals surface area contributed by atoms with Crippen LogP contribution in [0.15, 0.2) is 42.5 Å². The van der Waals surface area contributed by atoms with Crippen LogP contribution in [0.1, 0.15) is 5.56 Å². The highest BCUT2D eigenvalue weighted by Gasteiger charge is 2.34. The summed E-state index contributed by atoms with van der Waals surface area (Å²) in [5.74, 6) is 0.633. The molecule has 2 aromatic rings. The van der Waals surface area contributed by atoms with Gasteiger partial charge in [0.25, 0.3) is 0 Å². The van der Waals surface area contributed by atoms with E-state index in [9.17, 15) is 8.42 Å². The molecule has 2 aliphatic heterocycles. The van der Waals surface area contributed by atoms with E-state index in [-0.39, 0.29) is 5.75 Å². The van der Waals surface area contributed by atoms with Gasteiger partial charge in [-0.2, -0.15) is 0 Å². The fourth-order valence-electron chi connectivity index (χ4n) is 3.26. The molecule has 0 saturated heterocycles. The second-order valence-corrected chi connectivity index (χ2v) is 8.18. The fourth-order valence-corrected chi connectivity index (χ4v) is 5.15. The summed E-state index contributed by atoms with van der Waals surface area (Å²) in [7, 11) is -3.53. The Morgan fingerprint density at radius 3 is 2.71 bits per heavy atom. The molecular weight excluding hydrogens is 348 g/mol. The maximum atomic E-state index is 13.0. The number of para-hydroxylation sites is 1. The van der Waals surface area contributed by atoms with E-state index >= 15 is 0 Å². The van der Waals surface area contributed by atoms with Gasteiger partial charge in [-0.3, -0.25) is 4.31 Å². The smallest absolute Gasteiger partial charge is 0.239 e. The summed E-state index contributed by atoms with van der Waals surface area (Å²) in [6, 6.07) is 12.6. The molecule has 0 saturated carbocycles. The van der Waals surface area contributed by atoms with Crippen LogP contribution >= 0.6 is 11.6 Å². The van der Waals surface area contributed by atoms with Gasteiger partial charge < -0.3 is 9.64 Å². The zero-order valence-electron chi connectivity index (χ0n) is 13.0. The Bertz CT molecular complexity index is 885. The van der Waals surface area contributed by atoms with Crippen molar-refractivity contribution in [2.45, 2.75) is 5.75 Å². The Balaban J connectivity index is 1.73. The van der Waals surface area contributed by atoms with E-state index in [1.807, 2.05) is 18.2 Å². The third kappa shape index (κ3) is 2.59. The number of rotatable bonds is 3. The Labute approximate surface area is 146 Å². The summed E-state index contributed by atoms with van der Waals surface area (Å²) < 4.78 is 33.2. The number of ether oxygens (including phenoxy) is 1. The molecule has 0 spiro atoms. The lowest BCUT2D eigenvalue weighted by molar-refractivity contribution is 0.307. The molecule has 2 heterocycles. The van der Waals surface area contributed by atoms with Gasteiger partial charge in [-0.1, -0.05) is 35.9 Å². The Hall–Kier alpha value is -1.92. The number of nitrogens with zero attached hydrogens (tertiary/aromatic N) is 2. The standard InChI is InChI=1S/C17H17ClN2O3S/c18-14-5-2-1-4-13(14)12-24(21,22)20-9-8-19-10-11-23-16-7-3-6-15(20)17(16)19/h1-7H,8-12H2. The van der Waals surface area contributed by atoms with Crippen molar-refractivity contribution < 1.29 is 13.2 Å². The SMILES string of the molecule is O=S(=O)(Cc1ccccc1Cl)N1CCN2CCOc3cccc1c32. The first kappa shape index (κ1) is 15.6. The van der Waals surface area contributed by atoms with Crippen molar-refractivity contribution in [2.24, 2.45) is 0 Å². The van der Waals surface area contributed by atoms with Gasteiger partial charge in [0.1, 0.15) is 18.0 Å². The van der Waals surface area contributed by atoms with Gasteiger partial charge in [-0.25, -0.2) is 8.42 Å². The Kier molecular flexibility index (Phi) is 3.81. The number of hydrogen-bond acceptors (Lipinski definition) is 4. The molecule has 0 bridgehead atoms. The molecule has 2 aromatic carbocycles. The summed E-state index contributed by atoms with van der Waals surface area (Å²) >= 11 is 6.14. The predicted octanol–water partition coefficient (Wildman–Crippen LogP) is 2.89. The molecule has 0 radical (unpaired) electrons. The summed E-state index contributed by atoms with van der Waals surface area (Å²) in [4.78, 5) is 2.19. The maximum Gasteiger partial charge on any atom is 0.239 e. The van der Waals surface area contributed by atoms with Crippen LogP contribution in [-0.4, -0.2) is 34.7 Å². The van der Waals surface area contributed by atoms with Crippen molar-refractivity contribution in [3.8, 4) is 5.75 Å². The molecule has 0 unspecified atom stereocenters. The van der Waals surface area contributed by atoms with Crippen LogP contribution in [0.5, 0.6) is 5.75 Å². The lowest BCUT2D eigenvalue weighted by Gasteiger charge is -2.41. The number of benzene rings is 2. The zero-order valence-corrected chi connectivity index (χ0v) is 14.6. The number of hydrogen-bond donors (Lipinski definition) is 0.